The van der Waals surface area contributed by atoms with E-state index in [9.17, 15) is 4.39 Å². The molecule has 0 bridgehead atoms. The fourth-order valence-corrected chi connectivity index (χ4v) is 1.93. The molecule has 0 unspecified atom stereocenters. The van der Waals surface area contributed by atoms with Crippen molar-refractivity contribution in [1.29, 1.82) is 5.26 Å². The van der Waals surface area contributed by atoms with Crippen LogP contribution in [0.15, 0.2) is 30.7 Å². The predicted molar refractivity (Wildman–Crippen MR) is 71.0 cm³/mol. The van der Waals surface area contributed by atoms with Crippen LogP contribution in [0.5, 0.6) is 0 Å². The maximum Gasteiger partial charge on any atom is 0.147 e. The van der Waals surface area contributed by atoms with Crippen molar-refractivity contribution in [1.82, 2.24) is 9.55 Å². The Labute approximate surface area is 111 Å². The van der Waals surface area contributed by atoms with Crippen LogP contribution in [0.4, 0.5) is 10.1 Å². The van der Waals surface area contributed by atoms with E-state index in [0.717, 1.165) is 5.69 Å². The van der Waals surface area contributed by atoms with Crippen molar-refractivity contribution in [3.8, 4) is 6.07 Å². The maximum absolute atomic E-state index is 14.0. The Morgan fingerprint density at radius 1 is 1.47 bits per heavy atom. The second kappa shape index (κ2) is 5.53. The molecule has 0 aliphatic heterocycles. The summed E-state index contributed by atoms with van der Waals surface area (Å²) in [4.78, 5) is 5.96. The minimum Gasteiger partial charge on any atom is -0.364 e. The van der Waals surface area contributed by atoms with Gasteiger partial charge in [0.1, 0.15) is 5.82 Å². The van der Waals surface area contributed by atoms with Gasteiger partial charge in [-0.25, -0.2) is 9.37 Å². The Morgan fingerprint density at radius 2 is 2.26 bits per heavy atom. The Bertz CT molecular complexity index is 612. The van der Waals surface area contributed by atoms with Gasteiger partial charge in [0.15, 0.2) is 0 Å². The minimum absolute atomic E-state index is 0.331. The lowest BCUT2D eigenvalue weighted by Crippen LogP contribution is -2.24. The molecule has 0 atom stereocenters. The average Bonchev–Trinajstić information content (AvgIpc) is 2.81. The van der Waals surface area contributed by atoms with E-state index < -0.39 is 0 Å². The van der Waals surface area contributed by atoms with Crippen molar-refractivity contribution in [2.45, 2.75) is 13.5 Å². The van der Waals surface area contributed by atoms with Gasteiger partial charge in [-0.3, -0.25) is 0 Å². The van der Waals surface area contributed by atoms with Crippen molar-refractivity contribution >= 4 is 5.69 Å². The summed E-state index contributed by atoms with van der Waals surface area (Å²) in [5.41, 5.74) is 1.84. The first kappa shape index (κ1) is 13.1. The zero-order valence-electron chi connectivity index (χ0n) is 11.0. The summed E-state index contributed by atoms with van der Waals surface area (Å²) < 4.78 is 15.9. The molecule has 0 radical (unpaired) electrons. The molecule has 5 heteroatoms. The number of hydrogen-bond acceptors (Lipinski definition) is 3. The molecular weight excluding hydrogens is 243 g/mol. The molecule has 0 aliphatic rings. The van der Waals surface area contributed by atoms with Gasteiger partial charge in [0.25, 0.3) is 0 Å². The summed E-state index contributed by atoms with van der Waals surface area (Å²) in [5, 5.41) is 8.75. The number of anilines is 1. The summed E-state index contributed by atoms with van der Waals surface area (Å²) in [5.74, 6) is -0.372. The van der Waals surface area contributed by atoms with Crippen LogP contribution in [-0.2, 0) is 13.6 Å². The average molecular weight is 258 g/mol. The van der Waals surface area contributed by atoms with E-state index in [4.69, 9.17) is 5.26 Å². The maximum atomic E-state index is 14.0. The van der Waals surface area contributed by atoms with Gasteiger partial charge in [-0.1, -0.05) is 0 Å². The summed E-state index contributed by atoms with van der Waals surface area (Å²) >= 11 is 0. The molecule has 0 N–H and O–H groups in total. The fourth-order valence-electron chi connectivity index (χ4n) is 1.93. The summed E-state index contributed by atoms with van der Waals surface area (Å²) in [7, 11) is 1.91. The highest BCUT2D eigenvalue weighted by Crippen LogP contribution is 2.22. The Hall–Kier alpha value is -2.35. The highest BCUT2D eigenvalue weighted by atomic mass is 19.1. The van der Waals surface area contributed by atoms with Crippen LogP contribution < -0.4 is 4.90 Å². The largest absolute Gasteiger partial charge is 0.364 e. The lowest BCUT2D eigenvalue weighted by Gasteiger charge is -2.23. The standard InChI is InChI=1S/C14H15FN4/c1-3-19(9-12-8-17-10-18(12)2)14-5-4-11(7-16)6-13(14)15/h4-6,8,10H,3,9H2,1-2H3. The van der Waals surface area contributed by atoms with Crippen LogP contribution in [0.3, 0.4) is 0 Å². The smallest absolute Gasteiger partial charge is 0.147 e. The molecule has 98 valence electrons. The molecule has 1 aromatic carbocycles. The van der Waals surface area contributed by atoms with Gasteiger partial charge < -0.3 is 9.47 Å². The molecule has 0 saturated carbocycles. The Balaban J connectivity index is 2.28. The summed E-state index contributed by atoms with van der Waals surface area (Å²) in [6.45, 7) is 3.22. The van der Waals surface area contributed by atoms with E-state index in [0.29, 0.717) is 24.3 Å². The fraction of sp³-hybridized carbons (Fsp3) is 0.286. The van der Waals surface area contributed by atoms with Crippen molar-refractivity contribution in [2.75, 3.05) is 11.4 Å². The van der Waals surface area contributed by atoms with E-state index in [1.54, 1.807) is 24.7 Å². The molecule has 1 aromatic heterocycles. The SMILES string of the molecule is CCN(Cc1cncn1C)c1ccc(C#N)cc1F. The van der Waals surface area contributed by atoms with Crippen LogP contribution in [0.25, 0.3) is 0 Å². The second-order valence-corrected chi connectivity index (χ2v) is 4.29. The first-order chi connectivity index (χ1) is 9.15. The molecule has 0 aliphatic carbocycles. The molecular formula is C14H15FN4. The highest BCUT2D eigenvalue weighted by molar-refractivity contribution is 5.51. The van der Waals surface area contributed by atoms with Gasteiger partial charge in [0.05, 0.1) is 35.9 Å². The molecule has 0 amide bonds. The van der Waals surface area contributed by atoms with E-state index in [1.807, 2.05) is 29.5 Å². The number of imidazole rings is 1. The first-order valence-corrected chi connectivity index (χ1v) is 6.05. The van der Waals surface area contributed by atoms with Crippen LogP contribution >= 0.6 is 0 Å². The molecule has 0 saturated heterocycles. The normalized spacial score (nSPS) is 10.2. The Kier molecular flexibility index (Phi) is 3.81. The Morgan fingerprint density at radius 3 is 2.79 bits per heavy atom. The monoisotopic (exact) mass is 258 g/mol. The van der Waals surface area contributed by atoms with Crippen molar-refractivity contribution < 1.29 is 4.39 Å². The van der Waals surface area contributed by atoms with Gasteiger partial charge in [-0.05, 0) is 25.1 Å². The number of hydrogen-bond donors (Lipinski definition) is 0. The van der Waals surface area contributed by atoms with E-state index in [2.05, 4.69) is 4.98 Å². The number of aryl methyl sites for hydroxylation is 1. The third kappa shape index (κ3) is 2.74. The van der Waals surface area contributed by atoms with E-state index >= 15 is 0 Å². The molecule has 0 spiro atoms. The van der Waals surface area contributed by atoms with Crippen LogP contribution in [-0.4, -0.2) is 16.1 Å². The number of rotatable bonds is 4. The van der Waals surface area contributed by atoms with Gasteiger partial charge >= 0.3 is 0 Å². The number of aromatic nitrogens is 2. The van der Waals surface area contributed by atoms with Gasteiger partial charge in [0.2, 0.25) is 0 Å². The van der Waals surface area contributed by atoms with Crippen LogP contribution in [0, 0.1) is 17.1 Å². The summed E-state index contributed by atoms with van der Waals surface area (Å²) in [6.07, 6.45) is 3.49. The molecule has 4 nitrogen and oxygen atoms in total. The third-order valence-electron chi connectivity index (χ3n) is 3.07. The zero-order chi connectivity index (χ0) is 13.8. The van der Waals surface area contributed by atoms with Crippen LogP contribution in [0.2, 0.25) is 0 Å². The number of nitrogens with zero attached hydrogens (tertiary/aromatic N) is 4. The predicted octanol–water partition coefficient (Wildman–Crippen LogP) is 2.46. The van der Waals surface area contributed by atoms with Crippen molar-refractivity contribution in [3.05, 3.63) is 47.8 Å². The van der Waals surface area contributed by atoms with Crippen molar-refractivity contribution in [3.63, 3.8) is 0 Å². The molecule has 1 heterocycles. The summed E-state index contributed by atoms with van der Waals surface area (Å²) in [6, 6.07) is 6.47. The lowest BCUT2D eigenvalue weighted by molar-refractivity contribution is 0.615. The van der Waals surface area contributed by atoms with Crippen LogP contribution in [0.1, 0.15) is 18.2 Å². The first-order valence-electron chi connectivity index (χ1n) is 6.05. The molecule has 0 fully saturated rings. The highest BCUT2D eigenvalue weighted by Gasteiger charge is 2.12. The molecule has 2 aromatic rings. The molecule has 19 heavy (non-hydrogen) atoms. The third-order valence-corrected chi connectivity index (χ3v) is 3.07. The molecule has 2 rings (SSSR count). The van der Waals surface area contributed by atoms with Crippen molar-refractivity contribution in [2.24, 2.45) is 7.05 Å². The number of benzene rings is 1. The van der Waals surface area contributed by atoms with E-state index in [1.165, 1.54) is 6.07 Å². The zero-order valence-corrected chi connectivity index (χ0v) is 11.0. The lowest BCUT2D eigenvalue weighted by atomic mass is 10.2. The number of nitriles is 1. The topological polar surface area (TPSA) is 44.9 Å². The second-order valence-electron chi connectivity index (χ2n) is 4.29. The van der Waals surface area contributed by atoms with Gasteiger partial charge in [-0.2, -0.15) is 5.26 Å². The quantitative estimate of drug-likeness (QED) is 0.846. The van der Waals surface area contributed by atoms with Gasteiger partial charge in [0, 0.05) is 19.8 Å². The van der Waals surface area contributed by atoms with E-state index in [-0.39, 0.29) is 5.82 Å². The number of halogens is 1. The van der Waals surface area contributed by atoms with Gasteiger partial charge in [-0.15, -0.1) is 0 Å². The minimum atomic E-state index is -0.372.